The van der Waals surface area contributed by atoms with Crippen LogP contribution in [0.15, 0.2) is 33.6 Å². The normalized spacial score (nSPS) is 12.9. The van der Waals surface area contributed by atoms with E-state index in [4.69, 9.17) is 4.52 Å². The largest absolute Gasteiger partial charge is 0.338 e. The zero-order chi connectivity index (χ0) is 16.6. The Bertz CT molecular complexity index is 897. The number of benzene rings is 1. The van der Waals surface area contributed by atoms with Crippen molar-refractivity contribution in [3.63, 3.8) is 0 Å². The standard InChI is InChI=1S/C17H20N4O2/c1-10-5-6-13-8-14(16(22)19-15(13)7-10)9-21(4)11(2)17-18-12(3)20-23-17/h5-8,11H,9H2,1-4H3,(H,19,22). The molecule has 0 spiro atoms. The first-order valence-corrected chi connectivity index (χ1v) is 7.57. The quantitative estimate of drug-likeness (QED) is 0.801. The Balaban J connectivity index is 1.87. The van der Waals surface area contributed by atoms with E-state index >= 15 is 0 Å². The van der Waals surface area contributed by atoms with Gasteiger partial charge in [0.1, 0.15) is 0 Å². The molecule has 0 saturated heterocycles. The van der Waals surface area contributed by atoms with Crippen molar-refractivity contribution in [2.75, 3.05) is 7.05 Å². The first-order chi connectivity index (χ1) is 10.9. The van der Waals surface area contributed by atoms with Gasteiger partial charge in [0.2, 0.25) is 5.89 Å². The number of nitrogens with one attached hydrogen (secondary N) is 1. The molecule has 0 fully saturated rings. The van der Waals surface area contributed by atoms with Crippen molar-refractivity contribution in [2.45, 2.75) is 33.4 Å². The van der Waals surface area contributed by atoms with Crippen LogP contribution in [-0.2, 0) is 6.54 Å². The molecule has 120 valence electrons. The molecule has 1 N–H and O–H groups in total. The van der Waals surface area contributed by atoms with Crippen LogP contribution in [0.1, 0.15) is 35.8 Å². The van der Waals surface area contributed by atoms with Gasteiger partial charge >= 0.3 is 0 Å². The highest BCUT2D eigenvalue weighted by atomic mass is 16.5. The summed E-state index contributed by atoms with van der Waals surface area (Å²) in [7, 11) is 1.93. The molecule has 0 aliphatic rings. The lowest BCUT2D eigenvalue weighted by atomic mass is 10.1. The summed E-state index contributed by atoms with van der Waals surface area (Å²) in [6, 6.07) is 7.92. The van der Waals surface area contributed by atoms with Crippen molar-refractivity contribution in [2.24, 2.45) is 0 Å². The SMILES string of the molecule is Cc1ccc2cc(CN(C)C(C)c3nc(C)no3)c(=O)[nH]c2c1. The van der Waals surface area contributed by atoms with Crippen LogP contribution in [0, 0.1) is 13.8 Å². The molecule has 3 rings (SSSR count). The molecule has 0 aliphatic heterocycles. The second-order valence-electron chi connectivity index (χ2n) is 5.99. The first-order valence-electron chi connectivity index (χ1n) is 7.57. The number of H-pyrrole nitrogens is 1. The minimum Gasteiger partial charge on any atom is -0.338 e. The highest BCUT2D eigenvalue weighted by Gasteiger charge is 2.19. The smallest absolute Gasteiger partial charge is 0.252 e. The highest BCUT2D eigenvalue weighted by Crippen LogP contribution is 2.19. The average molecular weight is 312 g/mol. The molecule has 3 aromatic rings. The molecule has 1 atom stereocenters. The number of nitrogens with zero attached hydrogens (tertiary/aromatic N) is 3. The van der Waals surface area contributed by atoms with E-state index in [1.807, 2.05) is 50.1 Å². The van der Waals surface area contributed by atoms with E-state index < -0.39 is 0 Å². The molecule has 1 aromatic carbocycles. The molecule has 2 aromatic heterocycles. The van der Waals surface area contributed by atoms with Crippen LogP contribution in [-0.4, -0.2) is 27.1 Å². The monoisotopic (exact) mass is 312 g/mol. The number of fused-ring (bicyclic) bond motifs is 1. The van der Waals surface area contributed by atoms with Gasteiger partial charge in [-0.05, 0) is 50.9 Å². The minimum absolute atomic E-state index is 0.0654. The number of hydrogen-bond acceptors (Lipinski definition) is 5. The van der Waals surface area contributed by atoms with E-state index in [0.29, 0.717) is 23.8 Å². The van der Waals surface area contributed by atoms with Gasteiger partial charge in [-0.15, -0.1) is 0 Å². The Morgan fingerprint density at radius 1 is 1.30 bits per heavy atom. The van der Waals surface area contributed by atoms with Crippen LogP contribution in [0.2, 0.25) is 0 Å². The third kappa shape index (κ3) is 3.17. The topological polar surface area (TPSA) is 75.0 Å². The molecule has 0 saturated carbocycles. The maximum Gasteiger partial charge on any atom is 0.252 e. The van der Waals surface area contributed by atoms with Gasteiger partial charge in [-0.1, -0.05) is 17.3 Å². The lowest BCUT2D eigenvalue weighted by Crippen LogP contribution is -2.26. The number of rotatable bonds is 4. The van der Waals surface area contributed by atoms with Crippen molar-refractivity contribution >= 4 is 10.9 Å². The number of hydrogen-bond donors (Lipinski definition) is 1. The Hall–Kier alpha value is -2.47. The van der Waals surface area contributed by atoms with Crippen molar-refractivity contribution in [1.82, 2.24) is 20.0 Å². The molecule has 0 aliphatic carbocycles. The molecule has 1 unspecified atom stereocenters. The van der Waals surface area contributed by atoms with Gasteiger partial charge < -0.3 is 9.51 Å². The zero-order valence-electron chi connectivity index (χ0n) is 13.8. The van der Waals surface area contributed by atoms with Gasteiger partial charge in [0.25, 0.3) is 5.56 Å². The third-order valence-corrected chi connectivity index (χ3v) is 4.06. The highest BCUT2D eigenvalue weighted by molar-refractivity contribution is 5.79. The molecule has 0 amide bonds. The summed E-state index contributed by atoms with van der Waals surface area (Å²) in [6.45, 7) is 6.27. The molecule has 6 heteroatoms. The van der Waals surface area contributed by atoms with Gasteiger partial charge in [0, 0.05) is 17.6 Å². The third-order valence-electron chi connectivity index (χ3n) is 4.06. The zero-order valence-corrected chi connectivity index (χ0v) is 13.8. The Morgan fingerprint density at radius 2 is 2.09 bits per heavy atom. The van der Waals surface area contributed by atoms with Crippen LogP contribution >= 0.6 is 0 Å². The van der Waals surface area contributed by atoms with Crippen LogP contribution in [0.4, 0.5) is 0 Å². The van der Waals surface area contributed by atoms with Gasteiger partial charge in [-0.3, -0.25) is 9.69 Å². The van der Waals surface area contributed by atoms with Gasteiger partial charge in [0.05, 0.1) is 6.04 Å². The number of aryl methyl sites for hydroxylation is 2. The van der Waals surface area contributed by atoms with Crippen molar-refractivity contribution in [3.8, 4) is 0 Å². The summed E-state index contributed by atoms with van der Waals surface area (Å²) in [6.07, 6.45) is 0. The summed E-state index contributed by atoms with van der Waals surface area (Å²) in [5.74, 6) is 1.16. The molecule has 6 nitrogen and oxygen atoms in total. The summed E-state index contributed by atoms with van der Waals surface area (Å²) >= 11 is 0. The van der Waals surface area contributed by atoms with E-state index in [9.17, 15) is 4.79 Å². The van der Waals surface area contributed by atoms with Crippen molar-refractivity contribution in [1.29, 1.82) is 0 Å². The summed E-state index contributed by atoms with van der Waals surface area (Å²) < 4.78 is 5.21. The summed E-state index contributed by atoms with van der Waals surface area (Å²) in [5, 5.41) is 4.84. The molecule has 23 heavy (non-hydrogen) atoms. The lowest BCUT2D eigenvalue weighted by molar-refractivity contribution is 0.202. The lowest BCUT2D eigenvalue weighted by Gasteiger charge is -2.21. The maximum atomic E-state index is 12.3. The summed E-state index contributed by atoms with van der Waals surface area (Å²) in [4.78, 5) is 21.5. The van der Waals surface area contributed by atoms with Crippen LogP contribution in [0.5, 0.6) is 0 Å². The first kappa shape index (κ1) is 15.4. The Morgan fingerprint density at radius 3 is 2.78 bits per heavy atom. The number of pyridine rings is 1. The van der Waals surface area contributed by atoms with E-state index in [1.54, 1.807) is 6.92 Å². The van der Waals surface area contributed by atoms with Crippen LogP contribution in [0.3, 0.4) is 0 Å². The fourth-order valence-electron chi connectivity index (χ4n) is 2.55. The second kappa shape index (κ2) is 5.96. The average Bonchev–Trinajstić information content (AvgIpc) is 2.94. The predicted molar refractivity (Wildman–Crippen MR) is 88.2 cm³/mol. The van der Waals surface area contributed by atoms with Gasteiger partial charge in [-0.25, -0.2) is 0 Å². The summed E-state index contributed by atoms with van der Waals surface area (Å²) in [5.41, 5.74) is 2.64. The minimum atomic E-state index is -0.0659. The van der Waals surface area contributed by atoms with Crippen LogP contribution < -0.4 is 5.56 Å². The second-order valence-corrected chi connectivity index (χ2v) is 5.99. The van der Waals surface area contributed by atoms with Crippen molar-refractivity contribution in [3.05, 3.63) is 57.5 Å². The predicted octanol–water partition coefficient (Wildman–Crippen LogP) is 2.72. The molecular formula is C17H20N4O2. The van der Waals surface area contributed by atoms with Gasteiger partial charge in [0.15, 0.2) is 5.82 Å². The van der Waals surface area contributed by atoms with Crippen molar-refractivity contribution < 1.29 is 4.52 Å². The van der Waals surface area contributed by atoms with E-state index in [1.165, 1.54) is 0 Å². The number of aromatic amines is 1. The molecular weight excluding hydrogens is 292 g/mol. The van der Waals surface area contributed by atoms with Gasteiger partial charge in [-0.2, -0.15) is 4.98 Å². The van der Waals surface area contributed by atoms with E-state index in [0.717, 1.165) is 16.5 Å². The van der Waals surface area contributed by atoms with Crippen LogP contribution in [0.25, 0.3) is 10.9 Å². The van der Waals surface area contributed by atoms with E-state index in [2.05, 4.69) is 15.1 Å². The van der Waals surface area contributed by atoms with E-state index in [-0.39, 0.29) is 11.6 Å². The Labute approximate surface area is 134 Å². The molecule has 2 heterocycles. The Kier molecular flexibility index (Phi) is 4.00. The maximum absolute atomic E-state index is 12.3. The fraction of sp³-hybridized carbons (Fsp3) is 0.353. The molecule has 0 radical (unpaired) electrons. The fourth-order valence-corrected chi connectivity index (χ4v) is 2.55. The molecule has 0 bridgehead atoms. The number of aromatic nitrogens is 3.